The molecule has 1 aromatic rings. The Morgan fingerprint density at radius 3 is 2.27 bits per heavy atom. The van der Waals surface area contributed by atoms with Gasteiger partial charge in [0.15, 0.2) is 0 Å². The molecule has 0 saturated heterocycles. The lowest BCUT2D eigenvalue weighted by atomic mass is 10.1. The smallest absolute Gasteiger partial charge is 0.236 e. The van der Waals surface area contributed by atoms with Crippen molar-refractivity contribution in [3.05, 3.63) is 28.8 Å². The average molecular weight is 249 g/mol. The highest BCUT2D eigenvalue weighted by Crippen LogP contribution is 2.28. The maximum absolute atomic E-state index is 11.0. The number of ether oxygens (including phenoxy) is 1. The van der Waals surface area contributed by atoms with E-state index in [-0.39, 0.29) is 5.75 Å². The molecule has 0 atom stereocenters. The number of hydrogen-bond acceptors (Lipinski definition) is 3. The topological polar surface area (TPSA) is 43.4 Å². The zero-order valence-corrected chi connectivity index (χ0v) is 10.4. The van der Waals surface area contributed by atoms with E-state index < -0.39 is 9.05 Å². The average Bonchev–Trinajstić information content (AvgIpc) is 2.10. The molecule has 0 aliphatic rings. The summed E-state index contributed by atoms with van der Waals surface area (Å²) in [6.45, 7) is 3.70. The van der Waals surface area contributed by atoms with E-state index in [1.807, 2.05) is 26.0 Å². The van der Waals surface area contributed by atoms with E-state index in [4.69, 9.17) is 15.4 Å². The summed E-state index contributed by atoms with van der Waals surface area (Å²) in [5.41, 5.74) is 2.40. The SMILES string of the molecule is COc1c(C)ccc(C)c1CS(=O)(=O)Cl. The monoisotopic (exact) mass is 248 g/mol. The second kappa shape index (κ2) is 4.41. The predicted octanol–water partition coefficient (Wildman–Crippen LogP) is 2.38. The zero-order valence-electron chi connectivity index (χ0n) is 8.87. The Kier molecular flexibility index (Phi) is 3.62. The van der Waals surface area contributed by atoms with Crippen LogP contribution in [0.25, 0.3) is 0 Å². The molecule has 0 fully saturated rings. The van der Waals surface area contributed by atoms with Gasteiger partial charge in [0.05, 0.1) is 12.9 Å². The Labute approximate surface area is 94.4 Å². The maximum Gasteiger partial charge on any atom is 0.236 e. The first-order valence-corrected chi connectivity index (χ1v) is 6.88. The molecule has 0 aliphatic heterocycles. The Hall–Kier alpha value is -0.740. The number of aryl methyl sites for hydroxylation is 2. The third-order valence-electron chi connectivity index (χ3n) is 2.21. The first-order chi connectivity index (χ1) is 6.85. The summed E-state index contributed by atoms with van der Waals surface area (Å²) in [6, 6.07) is 3.74. The van der Waals surface area contributed by atoms with Gasteiger partial charge in [-0.1, -0.05) is 12.1 Å². The molecular formula is C10H13ClO3S. The molecule has 0 amide bonds. The van der Waals surface area contributed by atoms with Crippen molar-refractivity contribution < 1.29 is 13.2 Å². The van der Waals surface area contributed by atoms with Gasteiger partial charge in [-0.15, -0.1) is 0 Å². The minimum atomic E-state index is -3.56. The molecule has 0 saturated carbocycles. The van der Waals surface area contributed by atoms with E-state index in [9.17, 15) is 8.42 Å². The third-order valence-corrected chi connectivity index (χ3v) is 3.17. The van der Waals surface area contributed by atoms with E-state index in [0.717, 1.165) is 11.1 Å². The molecule has 15 heavy (non-hydrogen) atoms. The molecule has 0 N–H and O–H groups in total. The van der Waals surface area contributed by atoms with Crippen molar-refractivity contribution in [2.45, 2.75) is 19.6 Å². The molecule has 0 radical (unpaired) electrons. The lowest BCUT2D eigenvalue weighted by Crippen LogP contribution is -2.02. The highest BCUT2D eigenvalue weighted by atomic mass is 35.7. The summed E-state index contributed by atoms with van der Waals surface area (Å²) in [5.74, 6) is 0.393. The number of halogens is 1. The van der Waals surface area contributed by atoms with Crippen molar-refractivity contribution in [2.24, 2.45) is 0 Å². The third kappa shape index (κ3) is 3.11. The fourth-order valence-electron chi connectivity index (χ4n) is 1.48. The Balaban J connectivity index is 3.32. The van der Waals surface area contributed by atoms with Gasteiger partial charge in [0, 0.05) is 16.2 Å². The van der Waals surface area contributed by atoms with Gasteiger partial charge in [-0.2, -0.15) is 0 Å². The fourth-order valence-corrected chi connectivity index (χ4v) is 2.51. The number of methoxy groups -OCH3 is 1. The lowest BCUT2D eigenvalue weighted by Gasteiger charge is -2.12. The van der Waals surface area contributed by atoms with Crippen LogP contribution >= 0.6 is 10.7 Å². The summed E-state index contributed by atoms with van der Waals surface area (Å²) < 4.78 is 27.3. The van der Waals surface area contributed by atoms with E-state index in [1.54, 1.807) is 0 Å². The van der Waals surface area contributed by atoms with Crippen molar-refractivity contribution in [1.29, 1.82) is 0 Å². The van der Waals surface area contributed by atoms with E-state index in [0.29, 0.717) is 11.3 Å². The lowest BCUT2D eigenvalue weighted by molar-refractivity contribution is 0.407. The van der Waals surface area contributed by atoms with Gasteiger partial charge in [-0.25, -0.2) is 8.42 Å². The molecule has 0 aromatic heterocycles. The van der Waals surface area contributed by atoms with Gasteiger partial charge in [-0.3, -0.25) is 0 Å². The first kappa shape index (κ1) is 12.3. The number of hydrogen-bond donors (Lipinski definition) is 0. The van der Waals surface area contributed by atoms with Gasteiger partial charge < -0.3 is 4.74 Å². The minimum Gasteiger partial charge on any atom is -0.496 e. The van der Waals surface area contributed by atoms with Crippen LogP contribution in [0.4, 0.5) is 0 Å². The predicted molar refractivity (Wildman–Crippen MR) is 60.9 cm³/mol. The van der Waals surface area contributed by atoms with Crippen molar-refractivity contribution >= 4 is 19.7 Å². The summed E-state index contributed by atoms with van der Waals surface area (Å²) in [7, 11) is 3.20. The van der Waals surface area contributed by atoms with Gasteiger partial charge in [0.1, 0.15) is 5.75 Å². The summed E-state index contributed by atoms with van der Waals surface area (Å²) in [5, 5.41) is 0. The van der Waals surface area contributed by atoms with Crippen molar-refractivity contribution in [1.82, 2.24) is 0 Å². The van der Waals surface area contributed by atoms with Gasteiger partial charge in [-0.05, 0) is 25.0 Å². The molecule has 0 heterocycles. The molecule has 1 aromatic carbocycles. The summed E-state index contributed by atoms with van der Waals surface area (Å²) in [4.78, 5) is 0. The molecule has 0 bridgehead atoms. The van der Waals surface area contributed by atoms with Gasteiger partial charge in [0.2, 0.25) is 9.05 Å². The largest absolute Gasteiger partial charge is 0.496 e. The quantitative estimate of drug-likeness (QED) is 0.772. The number of rotatable bonds is 3. The van der Waals surface area contributed by atoms with Gasteiger partial charge in [0.25, 0.3) is 0 Å². The molecule has 0 spiro atoms. The minimum absolute atomic E-state index is 0.203. The van der Waals surface area contributed by atoms with Gasteiger partial charge >= 0.3 is 0 Å². The first-order valence-electron chi connectivity index (χ1n) is 4.40. The van der Waals surface area contributed by atoms with Crippen LogP contribution in [0.3, 0.4) is 0 Å². The fraction of sp³-hybridized carbons (Fsp3) is 0.400. The highest BCUT2D eigenvalue weighted by Gasteiger charge is 2.15. The molecule has 5 heteroatoms. The summed E-state index contributed by atoms with van der Waals surface area (Å²) in [6.07, 6.45) is 0. The van der Waals surface area contributed by atoms with Crippen LogP contribution < -0.4 is 4.74 Å². The Morgan fingerprint density at radius 2 is 1.80 bits per heavy atom. The van der Waals surface area contributed by atoms with Crippen LogP contribution in [0.2, 0.25) is 0 Å². The van der Waals surface area contributed by atoms with Crippen molar-refractivity contribution in [3.63, 3.8) is 0 Å². The molecule has 0 unspecified atom stereocenters. The van der Waals surface area contributed by atoms with Crippen LogP contribution in [0, 0.1) is 13.8 Å². The van der Waals surface area contributed by atoms with E-state index >= 15 is 0 Å². The highest BCUT2D eigenvalue weighted by molar-refractivity contribution is 8.13. The normalized spacial score (nSPS) is 11.5. The molecule has 84 valence electrons. The second-order valence-electron chi connectivity index (χ2n) is 3.39. The van der Waals surface area contributed by atoms with Crippen molar-refractivity contribution in [2.75, 3.05) is 7.11 Å². The Morgan fingerprint density at radius 1 is 1.27 bits per heavy atom. The maximum atomic E-state index is 11.0. The van der Waals surface area contributed by atoms with Crippen LogP contribution in [0.5, 0.6) is 5.75 Å². The Bertz CT molecular complexity index is 466. The standard InChI is InChI=1S/C10H13ClO3S/c1-7-4-5-8(2)10(14-3)9(7)6-15(11,12)13/h4-5H,6H2,1-3H3. The summed E-state index contributed by atoms with van der Waals surface area (Å²) >= 11 is 0. The van der Waals surface area contributed by atoms with Crippen LogP contribution in [-0.4, -0.2) is 15.5 Å². The molecule has 0 aliphatic carbocycles. The van der Waals surface area contributed by atoms with Crippen LogP contribution in [0.15, 0.2) is 12.1 Å². The van der Waals surface area contributed by atoms with Crippen LogP contribution in [0.1, 0.15) is 16.7 Å². The molecular weight excluding hydrogens is 236 g/mol. The molecule has 3 nitrogen and oxygen atoms in total. The second-order valence-corrected chi connectivity index (χ2v) is 6.17. The zero-order chi connectivity index (χ0) is 11.6. The van der Waals surface area contributed by atoms with E-state index in [2.05, 4.69) is 0 Å². The van der Waals surface area contributed by atoms with Crippen molar-refractivity contribution in [3.8, 4) is 5.75 Å². The van der Waals surface area contributed by atoms with E-state index in [1.165, 1.54) is 7.11 Å². The number of benzene rings is 1. The molecule has 1 rings (SSSR count). The van der Waals surface area contributed by atoms with Crippen LogP contribution in [-0.2, 0) is 14.8 Å².